The van der Waals surface area contributed by atoms with E-state index in [4.69, 9.17) is 5.11 Å². The van der Waals surface area contributed by atoms with Crippen LogP contribution < -0.4 is 0 Å². The van der Waals surface area contributed by atoms with E-state index in [0.29, 0.717) is 5.52 Å². The van der Waals surface area contributed by atoms with Crippen LogP contribution in [0.1, 0.15) is 21.7 Å². The molecule has 19 heavy (non-hydrogen) atoms. The third-order valence-electron chi connectivity index (χ3n) is 3.19. The van der Waals surface area contributed by atoms with Crippen LogP contribution in [0, 0.1) is 13.8 Å². The monoisotopic (exact) mass is 256 g/mol. The summed E-state index contributed by atoms with van der Waals surface area (Å²) in [6, 6.07) is 5.12. The number of hydrogen-bond donors (Lipinski definition) is 3. The van der Waals surface area contributed by atoms with Gasteiger partial charge in [0.2, 0.25) is 0 Å². The van der Waals surface area contributed by atoms with Crippen molar-refractivity contribution in [2.75, 3.05) is 0 Å². The lowest BCUT2D eigenvalue weighted by Gasteiger charge is -1.99. The number of aromatic nitrogens is 4. The summed E-state index contributed by atoms with van der Waals surface area (Å²) in [5.41, 5.74) is 4.16. The SMILES string of the molecule is Cc1n[nH]c(C)c1-c1[nH]nc2c(C(=O)O)cccc12. The van der Waals surface area contributed by atoms with Crippen LogP contribution in [-0.2, 0) is 0 Å². The van der Waals surface area contributed by atoms with Crippen LogP contribution in [0.3, 0.4) is 0 Å². The normalized spacial score (nSPS) is 11.1. The summed E-state index contributed by atoms with van der Waals surface area (Å²) in [5, 5.41) is 24.1. The molecule has 0 aliphatic heterocycles. The number of carboxylic acid groups (broad SMARTS) is 1. The Morgan fingerprint density at radius 3 is 2.63 bits per heavy atom. The molecule has 0 unspecified atom stereocenters. The summed E-state index contributed by atoms with van der Waals surface area (Å²) in [4.78, 5) is 11.2. The standard InChI is InChI=1S/C13H12N4O2/c1-6-10(7(2)15-14-6)12-8-4-3-5-9(13(18)19)11(8)16-17-12/h3-5H,1-2H3,(H,14,15)(H,16,17)(H,18,19). The quantitative estimate of drug-likeness (QED) is 0.655. The molecule has 2 aromatic heterocycles. The average molecular weight is 256 g/mol. The van der Waals surface area contributed by atoms with Crippen LogP contribution in [0.5, 0.6) is 0 Å². The number of carbonyl (C=O) groups is 1. The molecule has 0 spiro atoms. The Kier molecular flexibility index (Phi) is 2.38. The fourth-order valence-corrected chi connectivity index (χ4v) is 2.32. The van der Waals surface area contributed by atoms with Crippen LogP contribution >= 0.6 is 0 Å². The summed E-state index contributed by atoms with van der Waals surface area (Å²) in [7, 11) is 0. The number of aromatic carboxylic acids is 1. The lowest BCUT2D eigenvalue weighted by molar-refractivity contribution is 0.0699. The summed E-state index contributed by atoms with van der Waals surface area (Å²) in [5.74, 6) is -0.982. The van der Waals surface area contributed by atoms with Crippen molar-refractivity contribution in [2.45, 2.75) is 13.8 Å². The van der Waals surface area contributed by atoms with E-state index in [1.165, 1.54) is 0 Å². The van der Waals surface area contributed by atoms with Gasteiger partial charge in [-0.2, -0.15) is 10.2 Å². The Labute approximate surface area is 108 Å². The fourth-order valence-electron chi connectivity index (χ4n) is 2.32. The van der Waals surface area contributed by atoms with Crippen molar-refractivity contribution in [2.24, 2.45) is 0 Å². The third kappa shape index (κ3) is 1.61. The van der Waals surface area contributed by atoms with Gasteiger partial charge in [-0.3, -0.25) is 10.2 Å². The molecule has 6 nitrogen and oxygen atoms in total. The average Bonchev–Trinajstić information content (AvgIpc) is 2.93. The van der Waals surface area contributed by atoms with Gasteiger partial charge in [-0.25, -0.2) is 4.79 Å². The zero-order valence-electron chi connectivity index (χ0n) is 10.5. The highest BCUT2D eigenvalue weighted by atomic mass is 16.4. The van der Waals surface area contributed by atoms with Gasteiger partial charge in [0, 0.05) is 16.6 Å². The predicted molar refractivity (Wildman–Crippen MR) is 70.1 cm³/mol. The van der Waals surface area contributed by atoms with Crippen molar-refractivity contribution in [3.8, 4) is 11.3 Å². The smallest absolute Gasteiger partial charge is 0.337 e. The number of fused-ring (bicyclic) bond motifs is 1. The van der Waals surface area contributed by atoms with E-state index in [0.717, 1.165) is 28.0 Å². The third-order valence-corrected chi connectivity index (χ3v) is 3.19. The Hall–Kier alpha value is -2.63. The first-order chi connectivity index (χ1) is 9.09. The van der Waals surface area contributed by atoms with Crippen LogP contribution in [0.15, 0.2) is 18.2 Å². The van der Waals surface area contributed by atoms with E-state index in [9.17, 15) is 4.79 Å². The lowest BCUT2D eigenvalue weighted by atomic mass is 10.0. The zero-order valence-corrected chi connectivity index (χ0v) is 10.5. The van der Waals surface area contributed by atoms with E-state index in [1.807, 2.05) is 19.9 Å². The molecule has 2 heterocycles. The fraction of sp³-hybridized carbons (Fsp3) is 0.154. The predicted octanol–water partition coefficient (Wildman–Crippen LogP) is 2.27. The van der Waals surface area contributed by atoms with Crippen molar-refractivity contribution in [1.82, 2.24) is 20.4 Å². The number of aromatic amines is 2. The first kappa shape index (κ1) is 11.5. The minimum atomic E-state index is -0.982. The van der Waals surface area contributed by atoms with Gasteiger partial charge in [0.15, 0.2) is 0 Å². The maximum absolute atomic E-state index is 11.2. The number of carboxylic acids is 1. The Morgan fingerprint density at radius 2 is 2.00 bits per heavy atom. The molecule has 0 bridgehead atoms. The molecular weight excluding hydrogens is 244 g/mol. The Bertz CT molecular complexity index is 766. The molecule has 3 rings (SSSR count). The van der Waals surface area contributed by atoms with Crippen molar-refractivity contribution < 1.29 is 9.90 Å². The maximum atomic E-state index is 11.2. The van der Waals surface area contributed by atoms with Gasteiger partial charge < -0.3 is 5.11 Å². The van der Waals surface area contributed by atoms with Gasteiger partial charge in [0.05, 0.1) is 17.0 Å². The topological polar surface area (TPSA) is 94.7 Å². The number of nitrogens with one attached hydrogen (secondary N) is 2. The second-order valence-electron chi connectivity index (χ2n) is 4.41. The van der Waals surface area contributed by atoms with E-state index < -0.39 is 5.97 Å². The van der Waals surface area contributed by atoms with E-state index in [1.54, 1.807) is 12.1 Å². The summed E-state index contributed by atoms with van der Waals surface area (Å²) >= 11 is 0. The van der Waals surface area contributed by atoms with Crippen LogP contribution in [0.4, 0.5) is 0 Å². The highest BCUT2D eigenvalue weighted by Gasteiger charge is 2.18. The van der Waals surface area contributed by atoms with Gasteiger partial charge in [-0.1, -0.05) is 12.1 Å². The number of rotatable bonds is 2. The van der Waals surface area contributed by atoms with Crippen LogP contribution in [-0.4, -0.2) is 31.5 Å². The second-order valence-corrected chi connectivity index (χ2v) is 4.41. The molecule has 0 atom stereocenters. The number of benzene rings is 1. The summed E-state index contributed by atoms with van der Waals surface area (Å²) < 4.78 is 0. The van der Waals surface area contributed by atoms with Crippen molar-refractivity contribution in [3.63, 3.8) is 0 Å². The number of H-pyrrole nitrogens is 2. The van der Waals surface area contributed by atoms with E-state index in [-0.39, 0.29) is 5.56 Å². The van der Waals surface area contributed by atoms with Gasteiger partial charge >= 0.3 is 5.97 Å². The maximum Gasteiger partial charge on any atom is 0.337 e. The first-order valence-electron chi connectivity index (χ1n) is 5.82. The van der Waals surface area contributed by atoms with Crippen molar-refractivity contribution in [1.29, 1.82) is 0 Å². The minimum Gasteiger partial charge on any atom is -0.478 e. The molecule has 0 radical (unpaired) electrons. The largest absolute Gasteiger partial charge is 0.478 e. The number of nitrogens with zero attached hydrogens (tertiary/aromatic N) is 2. The lowest BCUT2D eigenvalue weighted by Crippen LogP contribution is -1.96. The Balaban J connectivity index is 2.33. The molecule has 3 N–H and O–H groups in total. The van der Waals surface area contributed by atoms with Gasteiger partial charge in [0.25, 0.3) is 0 Å². The molecule has 0 fully saturated rings. The molecule has 0 saturated heterocycles. The number of para-hydroxylation sites is 1. The van der Waals surface area contributed by atoms with E-state index in [2.05, 4.69) is 20.4 Å². The molecule has 3 aromatic rings. The molecular formula is C13H12N4O2. The molecule has 0 aliphatic rings. The first-order valence-corrected chi connectivity index (χ1v) is 5.82. The van der Waals surface area contributed by atoms with Crippen LogP contribution in [0.25, 0.3) is 22.2 Å². The molecule has 1 aromatic carbocycles. The molecule has 0 saturated carbocycles. The zero-order chi connectivity index (χ0) is 13.6. The van der Waals surface area contributed by atoms with Gasteiger partial charge in [-0.15, -0.1) is 0 Å². The van der Waals surface area contributed by atoms with E-state index >= 15 is 0 Å². The van der Waals surface area contributed by atoms with Gasteiger partial charge in [0.1, 0.15) is 5.52 Å². The van der Waals surface area contributed by atoms with Gasteiger partial charge in [-0.05, 0) is 19.9 Å². The number of hydrogen-bond acceptors (Lipinski definition) is 3. The highest BCUT2D eigenvalue weighted by Crippen LogP contribution is 2.31. The van der Waals surface area contributed by atoms with Crippen LogP contribution in [0.2, 0.25) is 0 Å². The molecule has 0 amide bonds. The minimum absolute atomic E-state index is 0.193. The Morgan fingerprint density at radius 1 is 1.21 bits per heavy atom. The van der Waals surface area contributed by atoms with Crippen molar-refractivity contribution >= 4 is 16.9 Å². The molecule has 96 valence electrons. The second kappa shape index (κ2) is 3.94. The molecule has 0 aliphatic carbocycles. The van der Waals surface area contributed by atoms with Crippen molar-refractivity contribution in [3.05, 3.63) is 35.2 Å². The molecule has 6 heteroatoms. The number of aryl methyl sites for hydroxylation is 2. The summed E-state index contributed by atoms with van der Waals surface area (Å²) in [6.45, 7) is 3.82. The highest BCUT2D eigenvalue weighted by molar-refractivity contribution is 6.06. The summed E-state index contributed by atoms with van der Waals surface area (Å²) in [6.07, 6.45) is 0.